The van der Waals surface area contributed by atoms with Gasteiger partial charge >= 0.3 is 0 Å². The summed E-state index contributed by atoms with van der Waals surface area (Å²) in [5.41, 5.74) is 6.21. The van der Waals surface area contributed by atoms with Crippen LogP contribution in [0.2, 0.25) is 0 Å². The fraction of sp³-hybridized carbons (Fsp3) is 0.294. The van der Waals surface area contributed by atoms with Crippen LogP contribution < -0.4 is 10.2 Å². The van der Waals surface area contributed by atoms with Gasteiger partial charge in [-0.2, -0.15) is 0 Å². The highest BCUT2D eigenvalue weighted by Crippen LogP contribution is 2.24. The molecule has 0 fully saturated rings. The van der Waals surface area contributed by atoms with E-state index in [1.807, 2.05) is 0 Å². The summed E-state index contributed by atoms with van der Waals surface area (Å²) in [6, 6.07) is 12.9. The van der Waals surface area contributed by atoms with Crippen molar-refractivity contribution in [3.63, 3.8) is 0 Å². The van der Waals surface area contributed by atoms with E-state index in [9.17, 15) is 0 Å². The highest BCUT2D eigenvalue weighted by molar-refractivity contribution is 9.10. The lowest BCUT2D eigenvalue weighted by molar-refractivity contribution is 1.11. The van der Waals surface area contributed by atoms with E-state index in [4.69, 9.17) is 0 Å². The zero-order valence-corrected chi connectivity index (χ0v) is 14.1. The lowest BCUT2D eigenvalue weighted by Gasteiger charge is -2.16. The lowest BCUT2D eigenvalue weighted by atomic mass is 10.1. The molecule has 0 amide bonds. The summed E-state index contributed by atoms with van der Waals surface area (Å²) in [7, 11) is 4.12. The fourth-order valence-corrected chi connectivity index (χ4v) is 2.74. The lowest BCUT2D eigenvalue weighted by Crippen LogP contribution is -2.09. The molecule has 0 spiro atoms. The molecule has 0 aliphatic rings. The molecule has 2 nitrogen and oxygen atoms in total. The van der Waals surface area contributed by atoms with Crippen LogP contribution >= 0.6 is 15.9 Å². The van der Waals surface area contributed by atoms with Crippen LogP contribution in [0.3, 0.4) is 0 Å². The third-order valence-corrected chi connectivity index (χ3v) is 4.14. The van der Waals surface area contributed by atoms with Crippen molar-refractivity contribution in [2.75, 3.05) is 24.3 Å². The average Bonchev–Trinajstić information content (AvgIpc) is 2.38. The molecule has 0 aliphatic carbocycles. The van der Waals surface area contributed by atoms with Crippen LogP contribution in [0.1, 0.15) is 16.7 Å². The molecule has 0 aliphatic heterocycles. The van der Waals surface area contributed by atoms with Crippen molar-refractivity contribution in [1.82, 2.24) is 0 Å². The molecule has 2 rings (SSSR count). The van der Waals surface area contributed by atoms with Crippen molar-refractivity contribution < 1.29 is 0 Å². The van der Waals surface area contributed by atoms with Gasteiger partial charge in [-0.3, -0.25) is 0 Å². The van der Waals surface area contributed by atoms with Crippen LogP contribution in [-0.2, 0) is 6.54 Å². The normalized spacial score (nSPS) is 10.4. The molecular formula is C17H21BrN2. The monoisotopic (exact) mass is 332 g/mol. The van der Waals surface area contributed by atoms with Gasteiger partial charge in [-0.1, -0.05) is 28.1 Å². The fourth-order valence-electron chi connectivity index (χ4n) is 2.11. The molecule has 0 aromatic heterocycles. The Labute approximate surface area is 129 Å². The molecule has 0 saturated heterocycles. The number of aryl methyl sites for hydroxylation is 2. The molecule has 106 valence electrons. The molecule has 0 heterocycles. The molecule has 0 unspecified atom stereocenters. The minimum Gasteiger partial charge on any atom is -0.381 e. The van der Waals surface area contributed by atoms with Crippen molar-refractivity contribution in [1.29, 1.82) is 0 Å². The van der Waals surface area contributed by atoms with E-state index in [2.05, 4.69) is 90.5 Å². The third kappa shape index (κ3) is 3.54. The summed E-state index contributed by atoms with van der Waals surface area (Å²) in [5.74, 6) is 0. The molecule has 20 heavy (non-hydrogen) atoms. The second-order valence-corrected chi connectivity index (χ2v) is 6.20. The summed E-state index contributed by atoms with van der Waals surface area (Å²) in [6.07, 6.45) is 0. The SMILES string of the molecule is Cc1ccc(CNc2ccc(N(C)C)cc2C)c(Br)c1. The van der Waals surface area contributed by atoms with Gasteiger partial charge in [-0.25, -0.2) is 0 Å². The van der Waals surface area contributed by atoms with Gasteiger partial charge in [-0.15, -0.1) is 0 Å². The second-order valence-electron chi connectivity index (χ2n) is 5.34. The van der Waals surface area contributed by atoms with Crippen LogP contribution in [0.4, 0.5) is 11.4 Å². The summed E-state index contributed by atoms with van der Waals surface area (Å²) < 4.78 is 1.16. The maximum atomic E-state index is 3.62. The molecule has 1 N–H and O–H groups in total. The zero-order valence-electron chi connectivity index (χ0n) is 12.5. The van der Waals surface area contributed by atoms with Gasteiger partial charge in [0.1, 0.15) is 0 Å². The van der Waals surface area contributed by atoms with E-state index in [1.165, 1.54) is 28.1 Å². The molecule has 2 aromatic carbocycles. The van der Waals surface area contributed by atoms with Crippen molar-refractivity contribution in [2.45, 2.75) is 20.4 Å². The van der Waals surface area contributed by atoms with E-state index < -0.39 is 0 Å². The Morgan fingerprint density at radius 3 is 2.40 bits per heavy atom. The number of hydrogen-bond donors (Lipinski definition) is 1. The highest BCUT2D eigenvalue weighted by Gasteiger charge is 2.03. The number of hydrogen-bond acceptors (Lipinski definition) is 2. The van der Waals surface area contributed by atoms with E-state index in [-0.39, 0.29) is 0 Å². The first-order chi connectivity index (χ1) is 9.47. The summed E-state index contributed by atoms with van der Waals surface area (Å²) >= 11 is 3.62. The second kappa shape index (κ2) is 6.31. The van der Waals surface area contributed by atoms with E-state index in [0.29, 0.717) is 0 Å². The molecule has 0 radical (unpaired) electrons. The van der Waals surface area contributed by atoms with Gasteiger partial charge in [-0.05, 0) is 54.8 Å². The Bertz CT molecular complexity index is 606. The molecule has 3 heteroatoms. The Kier molecular flexibility index (Phi) is 4.71. The van der Waals surface area contributed by atoms with E-state index in [0.717, 1.165) is 11.0 Å². The van der Waals surface area contributed by atoms with Gasteiger partial charge < -0.3 is 10.2 Å². The van der Waals surface area contributed by atoms with Gasteiger partial charge in [0.25, 0.3) is 0 Å². The minimum absolute atomic E-state index is 0.822. The van der Waals surface area contributed by atoms with Crippen molar-refractivity contribution in [3.8, 4) is 0 Å². The van der Waals surface area contributed by atoms with Crippen LogP contribution in [0.25, 0.3) is 0 Å². The third-order valence-electron chi connectivity index (χ3n) is 3.40. The molecule has 0 bridgehead atoms. The van der Waals surface area contributed by atoms with Crippen molar-refractivity contribution in [3.05, 3.63) is 57.6 Å². The van der Waals surface area contributed by atoms with Crippen molar-refractivity contribution >= 4 is 27.3 Å². The van der Waals surface area contributed by atoms with Gasteiger partial charge in [0.15, 0.2) is 0 Å². The Morgan fingerprint density at radius 2 is 1.80 bits per heavy atom. The first-order valence-electron chi connectivity index (χ1n) is 6.74. The quantitative estimate of drug-likeness (QED) is 0.869. The summed E-state index contributed by atoms with van der Waals surface area (Å²) in [6.45, 7) is 5.06. The van der Waals surface area contributed by atoms with Crippen LogP contribution in [0.15, 0.2) is 40.9 Å². The molecular weight excluding hydrogens is 312 g/mol. The Balaban J connectivity index is 2.11. The van der Waals surface area contributed by atoms with E-state index in [1.54, 1.807) is 0 Å². The molecule has 0 saturated carbocycles. The maximum absolute atomic E-state index is 3.62. The number of anilines is 2. The van der Waals surface area contributed by atoms with E-state index >= 15 is 0 Å². The van der Waals surface area contributed by atoms with Gasteiger partial charge in [0, 0.05) is 36.5 Å². The number of benzene rings is 2. The average molecular weight is 333 g/mol. The zero-order chi connectivity index (χ0) is 14.7. The smallest absolute Gasteiger partial charge is 0.0412 e. The first kappa shape index (κ1) is 14.9. The number of nitrogens with zero attached hydrogens (tertiary/aromatic N) is 1. The standard InChI is InChI=1S/C17H21BrN2/c1-12-5-6-14(16(18)9-12)11-19-17-8-7-15(20(3)4)10-13(17)2/h5-10,19H,11H2,1-4H3. The largest absolute Gasteiger partial charge is 0.381 e. The Hall–Kier alpha value is -1.48. The summed E-state index contributed by atoms with van der Waals surface area (Å²) in [5, 5.41) is 3.51. The van der Waals surface area contributed by atoms with Crippen LogP contribution in [0.5, 0.6) is 0 Å². The van der Waals surface area contributed by atoms with Crippen LogP contribution in [-0.4, -0.2) is 14.1 Å². The highest BCUT2D eigenvalue weighted by atomic mass is 79.9. The number of nitrogens with one attached hydrogen (secondary N) is 1. The van der Waals surface area contributed by atoms with Gasteiger partial charge in [0.05, 0.1) is 0 Å². The van der Waals surface area contributed by atoms with Crippen LogP contribution in [0, 0.1) is 13.8 Å². The minimum atomic E-state index is 0.822. The molecule has 2 aromatic rings. The number of halogens is 1. The van der Waals surface area contributed by atoms with Gasteiger partial charge in [0.2, 0.25) is 0 Å². The maximum Gasteiger partial charge on any atom is 0.0412 e. The van der Waals surface area contributed by atoms with Crippen molar-refractivity contribution in [2.24, 2.45) is 0 Å². The Morgan fingerprint density at radius 1 is 1.05 bits per heavy atom. The molecule has 0 atom stereocenters. The topological polar surface area (TPSA) is 15.3 Å². The predicted molar refractivity (Wildman–Crippen MR) is 91.7 cm³/mol. The first-order valence-corrected chi connectivity index (χ1v) is 7.53. The summed E-state index contributed by atoms with van der Waals surface area (Å²) in [4.78, 5) is 2.12. The predicted octanol–water partition coefficient (Wildman–Crippen LogP) is 4.74. The number of rotatable bonds is 4.